The minimum absolute atomic E-state index is 0.0259. The van der Waals surface area contributed by atoms with Crippen LogP contribution in [-0.2, 0) is 4.79 Å². The molecule has 0 bridgehead atoms. The molecule has 7 heteroatoms. The van der Waals surface area contributed by atoms with Crippen LogP contribution < -0.4 is 4.74 Å². The molecule has 0 aliphatic rings. The van der Waals surface area contributed by atoms with E-state index in [0.717, 1.165) is 4.88 Å². The average Bonchev–Trinajstić information content (AvgIpc) is 3.13. The third kappa shape index (κ3) is 4.77. The number of ether oxygens (including phenoxy) is 1. The summed E-state index contributed by atoms with van der Waals surface area (Å²) in [5, 5.41) is 12.9. The third-order valence-electron chi connectivity index (χ3n) is 3.36. The lowest BCUT2D eigenvalue weighted by molar-refractivity contribution is -0.384. The number of nitrogens with zero attached hydrogens (tertiary/aromatic N) is 2. The average molecular weight is 358 g/mol. The maximum atomic E-state index is 12.3. The molecule has 0 saturated carbocycles. The van der Waals surface area contributed by atoms with Gasteiger partial charge >= 0.3 is 0 Å². The molecule has 130 valence electrons. The molecule has 1 heterocycles. The fraction of sp³-hybridized carbons (Fsp3) is 0.167. The van der Waals surface area contributed by atoms with Gasteiger partial charge in [0.2, 0.25) is 0 Å². The van der Waals surface area contributed by atoms with Crippen LogP contribution in [0.25, 0.3) is 10.4 Å². The van der Waals surface area contributed by atoms with Crippen LogP contribution in [0.4, 0.5) is 5.69 Å². The van der Waals surface area contributed by atoms with E-state index in [4.69, 9.17) is 4.74 Å². The Kier molecular flexibility index (Phi) is 6.47. The minimum Gasteiger partial charge on any atom is -0.483 e. The van der Waals surface area contributed by atoms with E-state index >= 15 is 0 Å². The number of carbonyl (C=O) groups is 1. The SMILES string of the molecule is C=CCN(CC=C)C(=O)COc1ccc([N+](=O)[O-])cc1-c1cccs1. The number of nitro groups is 1. The number of hydrogen-bond acceptors (Lipinski definition) is 5. The van der Waals surface area contributed by atoms with Crippen molar-refractivity contribution in [3.8, 4) is 16.2 Å². The summed E-state index contributed by atoms with van der Waals surface area (Å²) in [6.45, 7) is 7.87. The van der Waals surface area contributed by atoms with Crippen molar-refractivity contribution in [3.63, 3.8) is 0 Å². The Hall–Kier alpha value is -2.93. The van der Waals surface area contributed by atoms with E-state index in [1.165, 1.54) is 29.5 Å². The highest BCUT2D eigenvalue weighted by Crippen LogP contribution is 2.36. The van der Waals surface area contributed by atoms with Crippen molar-refractivity contribution in [1.29, 1.82) is 0 Å². The maximum Gasteiger partial charge on any atom is 0.270 e. The number of benzene rings is 1. The van der Waals surface area contributed by atoms with Crippen LogP contribution >= 0.6 is 11.3 Å². The van der Waals surface area contributed by atoms with Gasteiger partial charge in [0.1, 0.15) is 5.75 Å². The quantitative estimate of drug-likeness (QED) is 0.387. The maximum absolute atomic E-state index is 12.3. The molecule has 2 aromatic rings. The molecule has 1 aromatic carbocycles. The molecule has 25 heavy (non-hydrogen) atoms. The molecule has 0 fully saturated rings. The predicted molar refractivity (Wildman–Crippen MR) is 98.9 cm³/mol. The Morgan fingerprint density at radius 2 is 2.00 bits per heavy atom. The van der Waals surface area contributed by atoms with Crippen LogP contribution in [0.3, 0.4) is 0 Å². The Morgan fingerprint density at radius 3 is 2.56 bits per heavy atom. The second-order valence-electron chi connectivity index (χ2n) is 5.08. The van der Waals surface area contributed by atoms with Crippen LogP contribution in [0.5, 0.6) is 5.75 Å². The predicted octanol–water partition coefficient (Wildman–Crippen LogP) is 3.90. The lowest BCUT2D eigenvalue weighted by Crippen LogP contribution is -2.35. The molecule has 0 unspecified atom stereocenters. The van der Waals surface area contributed by atoms with Crippen molar-refractivity contribution in [3.05, 3.63) is 71.1 Å². The van der Waals surface area contributed by atoms with E-state index in [0.29, 0.717) is 24.4 Å². The lowest BCUT2D eigenvalue weighted by Gasteiger charge is -2.19. The first-order valence-corrected chi connectivity index (χ1v) is 8.39. The summed E-state index contributed by atoms with van der Waals surface area (Å²) in [5.41, 5.74) is 0.568. The molecular weight excluding hydrogens is 340 g/mol. The normalized spacial score (nSPS) is 10.1. The number of nitro benzene ring substituents is 1. The van der Waals surface area contributed by atoms with Gasteiger partial charge in [0.15, 0.2) is 6.61 Å². The number of non-ortho nitro benzene ring substituents is 1. The molecule has 1 aromatic heterocycles. The van der Waals surface area contributed by atoms with Crippen molar-refractivity contribution in [2.45, 2.75) is 0 Å². The van der Waals surface area contributed by atoms with E-state index < -0.39 is 4.92 Å². The molecule has 2 rings (SSSR count). The Bertz CT molecular complexity index is 761. The van der Waals surface area contributed by atoms with Crippen molar-refractivity contribution in [2.24, 2.45) is 0 Å². The van der Waals surface area contributed by atoms with E-state index in [9.17, 15) is 14.9 Å². The molecule has 0 atom stereocenters. The first-order chi connectivity index (χ1) is 12.1. The molecule has 0 spiro atoms. The molecule has 0 radical (unpaired) electrons. The van der Waals surface area contributed by atoms with Gasteiger partial charge in [-0.2, -0.15) is 0 Å². The van der Waals surface area contributed by atoms with Crippen LogP contribution in [0.1, 0.15) is 0 Å². The van der Waals surface area contributed by atoms with Crippen LogP contribution in [-0.4, -0.2) is 35.4 Å². The molecule has 0 N–H and O–H groups in total. The van der Waals surface area contributed by atoms with Gasteiger partial charge in [-0.15, -0.1) is 24.5 Å². The minimum atomic E-state index is -0.456. The highest BCUT2D eigenvalue weighted by atomic mass is 32.1. The topological polar surface area (TPSA) is 72.7 Å². The highest BCUT2D eigenvalue weighted by molar-refractivity contribution is 7.13. The standard InChI is InChI=1S/C18H18N2O4S/c1-3-9-19(10-4-2)18(21)13-24-16-8-7-14(20(22)23)12-15(16)17-6-5-11-25-17/h3-8,11-12H,1-2,9-10,13H2. The zero-order valence-corrected chi connectivity index (χ0v) is 14.4. The van der Waals surface area contributed by atoms with E-state index in [1.807, 2.05) is 17.5 Å². The summed E-state index contributed by atoms with van der Waals surface area (Å²) in [7, 11) is 0. The lowest BCUT2D eigenvalue weighted by atomic mass is 10.1. The summed E-state index contributed by atoms with van der Waals surface area (Å²) in [4.78, 5) is 25.2. The van der Waals surface area contributed by atoms with Crippen LogP contribution in [0, 0.1) is 10.1 Å². The zero-order valence-electron chi connectivity index (χ0n) is 13.6. The fourth-order valence-corrected chi connectivity index (χ4v) is 2.95. The van der Waals surface area contributed by atoms with Crippen molar-refractivity contribution in [2.75, 3.05) is 19.7 Å². The second kappa shape index (κ2) is 8.79. The number of amides is 1. The Morgan fingerprint density at radius 1 is 1.28 bits per heavy atom. The molecule has 0 aliphatic carbocycles. The van der Waals surface area contributed by atoms with Gasteiger partial charge in [-0.05, 0) is 17.5 Å². The van der Waals surface area contributed by atoms with Gasteiger partial charge in [0.25, 0.3) is 11.6 Å². The molecule has 6 nitrogen and oxygen atoms in total. The van der Waals surface area contributed by atoms with E-state index in [-0.39, 0.29) is 18.2 Å². The van der Waals surface area contributed by atoms with Crippen molar-refractivity contribution >= 4 is 22.9 Å². The number of rotatable bonds is 9. The first kappa shape index (κ1) is 18.4. The molecule has 1 amide bonds. The molecule has 0 saturated heterocycles. The number of thiophene rings is 1. The van der Waals surface area contributed by atoms with Crippen molar-refractivity contribution in [1.82, 2.24) is 4.90 Å². The summed E-state index contributed by atoms with van der Waals surface area (Å²) < 4.78 is 5.66. The summed E-state index contributed by atoms with van der Waals surface area (Å²) in [6.07, 6.45) is 3.26. The van der Waals surface area contributed by atoms with Crippen LogP contribution in [0.15, 0.2) is 61.0 Å². The molecular formula is C18H18N2O4S. The molecule has 0 aliphatic heterocycles. The smallest absolute Gasteiger partial charge is 0.270 e. The zero-order chi connectivity index (χ0) is 18.2. The van der Waals surface area contributed by atoms with Gasteiger partial charge in [-0.1, -0.05) is 18.2 Å². The van der Waals surface area contributed by atoms with Gasteiger partial charge in [0.05, 0.1) is 4.92 Å². The Balaban J connectivity index is 2.21. The number of hydrogen-bond donors (Lipinski definition) is 0. The monoisotopic (exact) mass is 358 g/mol. The van der Waals surface area contributed by atoms with E-state index in [1.54, 1.807) is 17.1 Å². The van der Waals surface area contributed by atoms with Gasteiger partial charge in [-0.3, -0.25) is 14.9 Å². The highest BCUT2D eigenvalue weighted by Gasteiger charge is 2.17. The van der Waals surface area contributed by atoms with Gasteiger partial charge in [0, 0.05) is 35.7 Å². The van der Waals surface area contributed by atoms with E-state index in [2.05, 4.69) is 13.2 Å². The third-order valence-corrected chi connectivity index (χ3v) is 4.27. The largest absolute Gasteiger partial charge is 0.483 e. The fourth-order valence-electron chi connectivity index (χ4n) is 2.20. The number of carbonyl (C=O) groups excluding carboxylic acids is 1. The summed E-state index contributed by atoms with van der Waals surface area (Å²) in [6, 6.07) is 8.04. The summed E-state index contributed by atoms with van der Waals surface area (Å²) >= 11 is 1.44. The first-order valence-electron chi connectivity index (χ1n) is 7.51. The van der Waals surface area contributed by atoms with Gasteiger partial charge in [-0.25, -0.2) is 0 Å². The van der Waals surface area contributed by atoms with Crippen LogP contribution in [0.2, 0.25) is 0 Å². The van der Waals surface area contributed by atoms with Gasteiger partial charge < -0.3 is 9.64 Å². The Labute approximate surface area is 149 Å². The second-order valence-corrected chi connectivity index (χ2v) is 6.03. The van der Waals surface area contributed by atoms with Crippen molar-refractivity contribution < 1.29 is 14.5 Å². The summed E-state index contributed by atoms with van der Waals surface area (Å²) in [5.74, 6) is 0.217.